The third-order valence-corrected chi connectivity index (χ3v) is 4.65. The molecular formula is C15H27ClN2O3. The molecule has 2 aliphatic rings. The Labute approximate surface area is 133 Å². The summed E-state index contributed by atoms with van der Waals surface area (Å²) in [4.78, 5) is 27.6. The first-order valence-corrected chi connectivity index (χ1v) is 7.64. The van der Waals surface area contributed by atoms with Gasteiger partial charge in [-0.05, 0) is 38.1 Å². The lowest BCUT2D eigenvalue weighted by molar-refractivity contribution is -0.142. The molecule has 0 aromatic rings. The number of hydrogen-bond acceptors (Lipinski definition) is 3. The van der Waals surface area contributed by atoms with Gasteiger partial charge in [-0.1, -0.05) is 13.8 Å². The molecule has 0 aliphatic carbocycles. The highest BCUT2D eigenvalue weighted by atomic mass is 35.5. The minimum absolute atomic E-state index is 0. The van der Waals surface area contributed by atoms with Crippen LogP contribution in [0.1, 0.15) is 33.6 Å². The fraction of sp³-hybridized carbons (Fsp3) is 0.867. The van der Waals surface area contributed by atoms with Crippen LogP contribution >= 0.6 is 12.4 Å². The third-order valence-electron chi connectivity index (χ3n) is 4.65. The Kier molecular flexibility index (Phi) is 6.47. The summed E-state index contributed by atoms with van der Waals surface area (Å²) in [5, 5.41) is 9.05. The van der Waals surface area contributed by atoms with Crippen LogP contribution in [0.5, 0.6) is 0 Å². The monoisotopic (exact) mass is 318 g/mol. The topological polar surface area (TPSA) is 60.9 Å². The summed E-state index contributed by atoms with van der Waals surface area (Å²) in [5.41, 5.74) is 0. The van der Waals surface area contributed by atoms with Crippen molar-refractivity contribution in [3.63, 3.8) is 0 Å². The molecule has 5 nitrogen and oxygen atoms in total. The molecule has 2 fully saturated rings. The molecule has 2 rings (SSSR count). The zero-order valence-corrected chi connectivity index (χ0v) is 13.9. The minimum atomic E-state index is -0.743. The van der Waals surface area contributed by atoms with Crippen LogP contribution in [-0.2, 0) is 9.59 Å². The molecule has 0 saturated carbocycles. The van der Waals surface area contributed by atoms with Crippen LogP contribution < -0.4 is 0 Å². The van der Waals surface area contributed by atoms with Crippen molar-refractivity contribution >= 4 is 24.3 Å². The molecular weight excluding hydrogens is 292 g/mol. The van der Waals surface area contributed by atoms with Crippen LogP contribution in [0.2, 0.25) is 0 Å². The van der Waals surface area contributed by atoms with Crippen LogP contribution in [0.15, 0.2) is 0 Å². The first-order valence-electron chi connectivity index (χ1n) is 7.64. The van der Waals surface area contributed by atoms with E-state index in [4.69, 9.17) is 5.11 Å². The number of carboxylic acids is 1. The Morgan fingerprint density at radius 2 is 1.71 bits per heavy atom. The van der Waals surface area contributed by atoms with Crippen molar-refractivity contribution in [2.24, 2.45) is 17.8 Å². The fourth-order valence-corrected chi connectivity index (χ4v) is 3.60. The van der Waals surface area contributed by atoms with Crippen molar-refractivity contribution in [1.82, 2.24) is 9.80 Å². The second kappa shape index (κ2) is 7.45. The zero-order valence-electron chi connectivity index (χ0n) is 13.1. The number of likely N-dealkylation sites (tertiary alicyclic amines) is 2. The minimum Gasteiger partial charge on any atom is -0.481 e. The van der Waals surface area contributed by atoms with Crippen LogP contribution in [0, 0.1) is 17.8 Å². The van der Waals surface area contributed by atoms with Gasteiger partial charge in [0.05, 0.1) is 12.0 Å². The second-order valence-electron chi connectivity index (χ2n) is 6.68. The summed E-state index contributed by atoms with van der Waals surface area (Å²) in [5.74, 6) is 0.215. The molecule has 6 heteroatoms. The van der Waals surface area contributed by atoms with E-state index in [0.717, 1.165) is 13.1 Å². The number of carbonyl (C=O) groups is 2. The molecule has 2 saturated heterocycles. The van der Waals surface area contributed by atoms with E-state index >= 15 is 0 Å². The summed E-state index contributed by atoms with van der Waals surface area (Å²) in [6.07, 6.45) is 1.84. The number of carboxylic acid groups (broad SMARTS) is 1. The van der Waals surface area contributed by atoms with Crippen LogP contribution in [0.4, 0.5) is 0 Å². The van der Waals surface area contributed by atoms with Crippen LogP contribution in [0.3, 0.4) is 0 Å². The Morgan fingerprint density at radius 1 is 1.14 bits per heavy atom. The smallest absolute Gasteiger partial charge is 0.307 e. The molecule has 2 aliphatic heterocycles. The van der Waals surface area contributed by atoms with Crippen molar-refractivity contribution in [1.29, 1.82) is 0 Å². The Balaban J connectivity index is 0.00000220. The Bertz CT molecular complexity index is 381. The number of hydrogen-bond donors (Lipinski definition) is 1. The van der Waals surface area contributed by atoms with Gasteiger partial charge in [0.1, 0.15) is 0 Å². The predicted octanol–water partition coefficient (Wildman–Crippen LogP) is 1.71. The molecule has 4 atom stereocenters. The summed E-state index contributed by atoms with van der Waals surface area (Å²) < 4.78 is 0. The average Bonchev–Trinajstić information content (AvgIpc) is 2.85. The lowest BCUT2D eigenvalue weighted by Crippen LogP contribution is -2.51. The molecule has 1 amide bonds. The normalized spacial score (nSPS) is 31.6. The number of piperidine rings is 1. The number of carbonyl (C=O) groups excluding carboxylic acids is 1. The highest BCUT2D eigenvalue weighted by Gasteiger charge is 2.36. The van der Waals surface area contributed by atoms with E-state index in [9.17, 15) is 9.59 Å². The third kappa shape index (κ3) is 4.33. The maximum absolute atomic E-state index is 12.6. The summed E-state index contributed by atoms with van der Waals surface area (Å²) in [6.45, 7) is 9.18. The molecule has 0 bridgehead atoms. The molecule has 2 heterocycles. The molecule has 21 heavy (non-hydrogen) atoms. The largest absolute Gasteiger partial charge is 0.481 e. The van der Waals surface area contributed by atoms with Gasteiger partial charge in [-0.15, -0.1) is 12.4 Å². The summed E-state index contributed by atoms with van der Waals surface area (Å²) in [7, 11) is 0. The van der Waals surface area contributed by atoms with E-state index in [-0.39, 0.29) is 30.3 Å². The lowest BCUT2D eigenvalue weighted by Gasteiger charge is -2.38. The molecule has 0 radical (unpaired) electrons. The van der Waals surface area contributed by atoms with E-state index in [1.165, 1.54) is 6.42 Å². The van der Waals surface area contributed by atoms with Gasteiger partial charge in [-0.25, -0.2) is 0 Å². The Hall–Kier alpha value is -0.810. The van der Waals surface area contributed by atoms with Gasteiger partial charge in [0.15, 0.2) is 0 Å². The molecule has 0 aromatic heterocycles. The molecule has 4 unspecified atom stereocenters. The maximum Gasteiger partial charge on any atom is 0.307 e. The van der Waals surface area contributed by atoms with Crippen molar-refractivity contribution in [2.45, 2.75) is 39.7 Å². The number of aliphatic carboxylic acids is 1. The number of amides is 1. The van der Waals surface area contributed by atoms with Gasteiger partial charge in [-0.3, -0.25) is 14.5 Å². The molecule has 122 valence electrons. The Morgan fingerprint density at radius 3 is 2.19 bits per heavy atom. The van der Waals surface area contributed by atoms with E-state index in [2.05, 4.69) is 13.8 Å². The highest BCUT2D eigenvalue weighted by Crippen LogP contribution is 2.24. The molecule has 0 spiro atoms. The van der Waals surface area contributed by atoms with Gasteiger partial charge in [-0.2, -0.15) is 0 Å². The van der Waals surface area contributed by atoms with Gasteiger partial charge in [0, 0.05) is 19.6 Å². The van der Waals surface area contributed by atoms with Gasteiger partial charge in [0.2, 0.25) is 5.91 Å². The number of nitrogens with zero attached hydrogens (tertiary/aromatic N) is 2. The highest BCUT2D eigenvalue weighted by molar-refractivity contribution is 5.85. The predicted molar refractivity (Wildman–Crippen MR) is 83.6 cm³/mol. The first kappa shape index (κ1) is 18.2. The van der Waals surface area contributed by atoms with Crippen molar-refractivity contribution in [3.05, 3.63) is 0 Å². The zero-order chi connectivity index (χ0) is 14.9. The van der Waals surface area contributed by atoms with Crippen LogP contribution in [-0.4, -0.2) is 59.0 Å². The van der Waals surface area contributed by atoms with E-state index in [0.29, 0.717) is 31.3 Å². The van der Waals surface area contributed by atoms with Crippen molar-refractivity contribution < 1.29 is 14.7 Å². The molecule has 1 N–H and O–H groups in total. The SMILES string of the molecule is CC1CC(C)CN(C(=O)C(C)N2CCC(C(=O)O)C2)C1.Cl. The first-order chi connectivity index (χ1) is 9.38. The van der Waals surface area contributed by atoms with Crippen molar-refractivity contribution in [2.75, 3.05) is 26.2 Å². The number of rotatable bonds is 3. The summed E-state index contributed by atoms with van der Waals surface area (Å²) in [6, 6.07) is -0.197. The van der Waals surface area contributed by atoms with Crippen molar-refractivity contribution in [3.8, 4) is 0 Å². The van der Waals surface area contributed by atoms with Crippen LogP contribution in [0.25, 0.3) is 0 Å². The average molecular weight is 319 g/mol. The standard InChI is InChI=1S/C15H26N2O3.ClH/c1-10-6-11(2)8-17(7-10)14(18)12(3)16-5-4-13(9-16)15(19)20;/h10-13H,4-9H2,1-3H3,(H,19,20);1H. The fourth-order valence-electron chi connectivity index (χ4n) is 3.60. The second-order valence-corrected chi connectivity index (χ2v) is 6.68. The number of halogens is 1. The van der Waals surface area contributed by atoms with Gasteiger partial charge < -0.3 is 10.0 Å². The summed E-state index contributed by atoms with van der Waals surface area (Å²) >= 11 is 0. The lowest BCUT2D eigenvalue weighted by atomic mass is 9.91. The molecule has 0 aromatic carbocycles. The quantitative estimate of drug-likeness (QED) is 0.860. The van der Waals surface area contributed by atoms with E-state index in [1.807, 2.05) is 16.7 Å². The van der Waals surface area contributed by atoms with Gasteiger partial charge >= 0.3 is 5.97 Å². The van der Waals surface area contributed by atoms with Gasteiger partial charge in [0.25, 0.3) is 0 Å². The maximum atomic E-state index is 12.6. The van der Waals surface area contributed by atoms with E-state index in [1.54, 1.807) is 0 Å². The van der Waals surface area contributed by atoms with E-state index < -0.39 is 5.97 Å².